The fraction of sp³-hybridized carbons (Fsp3) is 0.233. The van der Waals surface area contributed by atoms with Crippen LogP contribution >= 0.6 is 0 Å². The number of rotatable bonds is 7. The van der Waals surface area contributed by atoms with Gasteiger partial charge in [-0.1, -0.05) is 6.07 Å². The first-order chi connectivity index (χ1) is 18.6. The molecule has 198 valence electrons. The quantitative estimate of drug-likeness (QED) is 0.285. The lowest BCUT2D eigenvalue weighted by Gasteiger charge is -2.14. The van der Waals surface area contributed by atoms with Gasteiger partial charge in [0.25, 0.3) is 11.8 Å². The smallest absolute Gasteiger partial charge is 0.272 e. The highest BCUT2D eigenvalue weighted by Gasteiger charge is 2.30. The van der Waals surface area contributed by atoms with Gasteiger partial charge in [0.05, 0.1) is 11.3 Å². The molecule has 4 aromatic rings. The normalized spacial score (nSPS) is 13.2. The van der Waals surface area contributed by atoms with Crippen molar-refractivity contribution >= 4 is 23.3 Å². The van der Waals surface area contributed by atoms with E-state index in [1.165, 1.54) is 6.20 Å². The summed E-state index contributed by atoms with van der Waals surface area (Å²) in [6.07, 6.45) is 5.77. The maximum atomic E-state index is 13.7. The van der Waals surface area contributed by atoms with E-state index in [9.17, 15) is 18.4 Å². The van der Waals surface area contributed by atoms with Crippen LogP contribution in [0.1, 0.15) is 46.9 Å². The Morgan fingerprint density at radius 1 is 0.949 bits per heavy atom. The van der Waals surface area contributed by atoms with Crippen molar-refractivity contribution in [2.45, 2.75) is 39.5 Å². The number of benzene rings is 1. The van der Waals surface area contributed by atoms with Crippen molar-refractivity contribution in [1.29, 1.82) is 0 Å². The van der Waals surface area contributed by atoms with E-state index >= 15 is 0 Å². The highest BCUT2D eigenvalue weighted by atomic mass is 19.3. The number of amides is 2. The van der Waals surface area contributed by atoms with Crippen molar-refractivity contribution in [3.05, 3.63) is 89.5 Å². The van der Waals surface area contributed by atoms with Crippen molar-refractivity contribution in [3.8, 4) is 22.4 Å². The molecule has 3 heterocycles. The summed E-state index contributed by atoms with van der Waals surface area (Å²) in [6.45, 7) is 4.62. The third-order valence-corrected chi connectivity index (χ3v) is 6.52. The zero-order valence-electron chi connectivity index (χ0n) is 21.8. The monoisotopic (exact) mass is 527 g/mol. The molecule has 39 heavy (non-hydrogen) atoms. The molecule has 1 saturated carbocycles. The molecule has 1 aliphatic carbocycles. The highest BCUT2D eigenvalue weighted by molar-refractivity contribution is 6.04. The van der Waals surface area contributed by atoms with Gasteiger partial charge in [-0.3, -0.25) is 19.6 Å². The Morgan fingerprint density at radius 3 is 2.49 bits per heavy atom. The first kappa shape index (κ1) is 26.1. The number of nitrogens with one attached hydrogen (secondary N) is 2. The fourth-order valence-corrected chi connectivity index (χ4v) is 4.22. The van der Waals surface area contributed by atoms with Gasteiger partial charge in [-0.05, 0) is 85.8 Å². The summed E-state index contributed by atoms with van der Waals surface area (Å²) in [5.74, 6) is -3.10. The maximum absolute atomic E-state index is 13.7. The minimum Gasteiger partial charge on any atom is -0.322 e. The van der Waals surface area contributed by atoms with Crippen molar-refractivity contribution in [1.82, 2.24) is 15.0 Å². The van der Waals surface area contributed by atoms with Crippen molar-refractivity contribution < 1.29 is 18.4 Å². The predicted octanol–water partition coefficient (Wildman–Crippen LogP) is 6.53. The molecule has 0 atom stereocenters. The first-order valence-corrected chi connectivity index (χ1v) is 12.6. The summed E-state index contributed by atoms with van der Waals surface area (Å²) in [4.78, 5) is 37.8. The van der Waals surface area contributed by atoms with E-state index in [1.807, 2.05) is 44.2 Å². The Balaban J connectivity index is 1.42. The Bertz CT molecular complexity index is 1580. The van der Waals surface area contributed by atoms with Gasteiger partial charge >= 0.3 is 0 Å². The van der Waals surface area contributed by atoms with Crippen LogP contribution in [0, 0.1) is 19.8 Å². The van der Waals surface area contributed by atoms with E-state index in [1.54, 1.807) is 18.3 Å². The standard InChI is InChI=1S/C30H27F2N5O2/c1-17-4-7-24(36-29(39)22-11-23(16-33-15-22)30(3,31)32)14-25(17)21-10-18(2)35-26(12-21)20-8-9-34-27(13-20)37-28(38)19-5-6-19/h4,7-16,19H,5-6H2,1-3H3,(H,36,39)(H,34,37,38). The van der Waals surface area contributed by atoms with E-state index in [-0.39, 0.29) is 23.0 Å². The Labute approximate surface area is 224 Å². The SMILES string of the molecule is Cc1cc(-c2cc(NC(=O)c3cncc(C(C)(F)F)c3)ccc2C)cc(-c2ccnc(NC(=O)C3CC3)c2)n1. The number of pyridine rings is 3. The summed E-state index contributed by atoms with van der Waals surface area (Å²) in [6, 6.07) is 14.2. The molecule has 0 bridgehead atoms. The zero-order chi connectivity index (χ0) is 27.7. The molecule has 1 aromatic carbocycles. The predicted molar refractivity (Wildman–Crippen MR) is 145 cm³/mol. The summed E-state index contributed by atoms with van der Waals surface area (Å²) in [5.41, 5.74) is 5.29. The van der Waals surface area contributed by atoms with Crippen LogP contribution in [0.15, 0.2) is 67.1 Å². The number of alkyl halides is 2. The van der Waals surface area contributed by atoms with Gasteiger partial charge in [0, 0.05) is 53.9 Å². The number of aromatic nitrogens is 3. The molecular weight excluding hydrogens is 500 g/mol. The highest BCUT2D eigenvalue weighted by Crippen LogP contribution is 2.33. The number of anilines is 2. The number of hydrogen-bond donors (Lipinski definition) is 2. The second-order valence-electron chi connectivity index (χ2n) is 9.91. The van der Waals surface area contributed by atoms with Gasteiger partial charge in [0.2, 0.25) is 5.91 Å². The molecule has 7 nitrogen and oxygen atoms in total. The van der Waals surface area contributed by atoms with Gasteiger partial charge in [-0.25, -0.2) is 13.8 Å². The number of halogens is 2. The molecule has 0 saturated heterocycles. The molecule has 1 fully saturated rings. The second kappa shape index (κ2) is 10.3. The van der Waals surface area contributed by atoms with E-state index in [0.29, 0.717) is 17.2 Å². The third kappa shape index (κ3) is 6.14. The molecule has 0 unspecified atom stereocenters. The van der Waals surface area contributed by atoms with Crippen LogP contribution in [-0.2, 0) is 10.7 Å². The van der Waals surface area contributed by atoms with Crippen LogP contribution in [0.4, 0.5) is 20.3 Å². The molecule has 5 rings (SSSR count). The number of carbonyl (C=O) groups excluding carboxylic acids is 2. The second-order valence-corrected chi connectivity index (χ2v) is 9.91. The zero-order valence-corrected chi connectivity index (χ0v) is 21.8. The lowest BCUT2D eigenvalue weighted by atomic mass is 9.98. The van der Waals surface area contributed by atoms with E-state index in [0.717, 1.165) is 60.0 Å². The average molecular weight is 528 g/mol. The molecule has 1 aliphatic rings. The molecule has 0 aliphatic heterocycles. The Kier molecular flexibility index (Phi) is 6.91. The summed E-state index contributed by atoms with van der Waals surface area (Å²) < 4.78 is 27.4. The van der Waals surface area contributed by atoms with Gasteiger partial charge < -0.3 is 10.6 Å². The van der Waals surface area contributed by atoms with E-state index in [4.69, 9.17) is 0 Å². The van der Waals surface area contributed by atoms with Crippen LogP contribution in [0.2, 0.25) is 0 Å². The number of hydrogen-bond acceptors (Lipinski definition) is 5. The number of nitrogens with zero attached hydrogens (tertiary/aromatic N) is 3. The average Bonchev–Trinajstić information content (AvgIpc) is 3.75. The Morgan fingerprint density at radius 2 is 1.74 bits per heavy atom. The molecule has 9 heteroatoms. The van der Waals surface area contributed by atoms with Crippen LogP contribution in [0.5, 0.6) is 0 Å². The first-order valence-electron chi connectivity index (χ1n) is 12.6. The van der Waals surface area contributed by atoms with Crippen molar-refractivity contribution in [2.24, 2.45) is 5.92 Å². The van der Waals surface area contributed by atoms with E-state index < -0.39 is 11.8 Å². The van der Waals surface area contributed by atoms with Gasteiger partial charge in [-0.15, -0.1) is 0 Å². The number of aryl methyl sites for hydroxylation is 2. The van der Waals surface area contributed by atoms with Crippen LogP contribution in [0.25, 0.3) is 22.4 Å². The van der Waals surface area contributed by atoms with Crippen molar-refractivity contribution in [2.75, 3.05) is 10.6 Å². The maximum Gasteiger partial charge on any atom is 0.272 e. The van der Waals surface area contributed by atoms with Crippen LogP contribution in [0.3, 0.4) is 0 Å². The fourth-order valence-electron chi connectivity index (χ4n) is 4.22. The molecule has 0 spiro atoms. The Hall–Kier alpha value is -4.53. The van der Waals surface area contributed by atoms with Crippen LogP contribution in [-0.4, -0.2) is 26.8 Å². The third-order valence-electron chi connectivity index (χ3n) is 6.52. The minimum absolute atomic E-state index is 0.0158. The van der Waals surface area contributed by atoms with Gasteiger partial charge in [0.15, 0.2) is 0 Å². The van der Waals surface area contributed by atoms with Gasteiger partial charge in [-0.2, -0.15) is 0 Å². The summed E-state index contributed by atoms with van der Waals surface area (Å²) in [5, 5.41) is 5.66. The summed E-state index contributed by atoms with van der Waals surface area (Å²) in [7, 11) is 0. The minimum atomic E-state index is -3.10. The largest absolute Gasteiger partial charge is 0.322 e. The molecule has 0 radical (unpaired) electrons. The summed E-state index contributed by atoms with van der Waals surface area (Å²) >= 11 is 0. The van der Waals surface area contributed by atoms with Crippen LogP contribution < -0.4 is 10.6 Å². The molecule has 2 amide bonds. The van der Waals surface area contributed by atoms with Gasteiger partial charge in [0.1, 0.15) is 5.82 Å². The molecular formula is C30H27F2N5O2. The van der Waals surface area contributed by atoms with E-state index in [2.05, 4.69) is 25.6 Å². The lowest BCUT2D eigenvalue weighted by Crippen LogP contribution is -2.15. The number of carbonyl (C=O) groups is 2. The topological polar surface area (TPSA) is 96.9 Å². The molecule has 2 N–H and O–H groups in total. The lowest BCUT2D eigenvalue weighted by molar-refractivity contribution is -0.117. The molecule has 3 aromatic heterocycles. The van der Waals surface area contributed by atoms with Crippen molar-refractivity contribution in [3.63, 3.8) is 0 Å².